The van der Waals surface area contributed by atoms with Crippen LogP contribution in [-0.4, -0.2) is 148 Å². The van der Waals surface area contributed by atoms with Crippen molar-refractivity contribution in [1.82, 2.24) is 14.7 Å². The van der Waals surface area contributed by atoms with Gasteiger partial charge in [0, 0.05) is 63.1 Å². The number of nitrogens with zero attached hydrogens (tertiary/aromatic N) is 3. The van der Waals surface area contributed by atoms with Crippen LogP contribution in [0.4, 0.5) is 0 Å². The summed E-state index contributed by atoms with van der Waals surface area (Å²) >= 11 is 0. The molecule has 0 amide bonds. The molecule has 4 aliphatic heterocycles. The Morgan fingerprint density at radius 1 is 1.05 bits per heavy atom. The molecule has 0 unspecified atom stereocenters. The molecule has 0 spiro atoms. The molecule has 11 nitrogen and oxygen atoms in total. The van der Waals surface area contributed by atoms with E-state index in [-0.39, 0.29) is 36.5 Å². The zero-order valence-corrected chi connectivity index (χ0v) is 28.8. The highest BCUT2D eigenvalue weighted by Gasteiger charge is 2.52. The normalized spacial score (nSPS) is 40.8. The maximum atomic E-state index is 14.2. The van der Waals surface area contributed by atoms with E-state index >= 15 is 0 Å². The van der Waals surface area contributed by atoms with Gasteiger partial charge in [-0.1, -0.05) is 13.8 Å². The molecule has 0 aromatic carbocycles. The highest BCUT2D eigenvalue weighted by atomic mass is 16.7. The topological polar surface area (TPSA) is 110 Å². The van der Waals surface area contributed by atoms with Crippen molar-refractivity contribution in [3.63, 3.8) is 0 Å². The van der Waals surface area contributed by atoms with Crippen LogP contribution in [0, 0.1) is 29.1 Å². The highest BCUT2D eigenvalue weighted by Crippen LogP contribution is 2.38. The molecule has 1 N–H and O–H groups in total. The molecule has 0 radical (unpaired) electrons. The monoisotopic (exact) mass is 625 g/mol. The van der Waals surface area contributed by atoms with Crippen molar-refractivity contribution in [2.45, 2.75) is 96.7 Å². The van der Waals surface area contributed by atoms with E-state index in [0.717, 1.165) is 39.4 Å². The molecule has 4 fully saturated rings. The number of aliphatic hydroxyl groups excluding tert-OH is 1. The second-order valence-corrected chi connectivity index (χ2v) is 15.2. The van der Waals surface area contributed by atoms with Gasteiger partial charge in [0.25, 0.3) is 0 Å². The zero-order chi connectivity index (χ0) is 32.6. The van der Waals surface area contributed by atoms with Gasteiger partial charge in [0.15, 0.2) is 12.1 Å². The molecule has 0 aromatic heterocycles. The predicted octanol–water partition coefficient (Wildman–Crippen LogP) is 1.90. The SMILES string of the molecule is CO[C@]1(C)C[C@@H](C)CN(C)[C@H](C2CN(CC3COC3)C2)COC(=O)C(C)(C)C(=O)[C@H](C)[C@H]1O[C@@H]1O[C@H](C)C[C@H](N(C)C)[C@H]1O. The van der Waals surface area contributed by atoms with E-state index in [4.69, 9.17) is 23.7 Å². The van der Waals surface area contributed by atoms with E-state index in [2.05, 4.69) is 23.8 Å². The number of ketones is 1. The lowest BCUT2D eigenvalue weighted by Gasteiger charge is -2.48. The third-order valence-electron chi connectivity index (χ3n) is 10.7. The van der Waals surface area contributed by atoms with E-state index in [9.17, 15) is 14.7 Å². The molecule has 44 heavy (non-hydrogen) atoms. The van der Waals surface area contributed by atoms with E-state index in [0.29, 0.717) is 24.7 Å². The number of hydrogen-bond acceptors (Lipinski definition) is 11. The van der Waals surface area contributed by atoms with Crippen molar-refractivity contribution in [2.75, 3.05) is 74.3 Å². The Morgan fingerprint density at radius 3 is 2.27 bits per heavy atom. The van der Waals surface area contributed by atoms with Crippen LogP contribution in [0.3, 0.4) is 0 Å². The first-order chi connectivity index (χ1) is 20.6. The summed E-state index contributed by atoms with van der Waals surface area (Å²) in [6.07, 6.45) is -1.55. The average molecular weight is 626 g/mol. The summed E-state index contributed by atoms with van der Waals surface area (Å²) in [5.41, 5.74) is -2.31. The largest absolute Gasteiger partial charge is 0.463 e. The number of rotatable bonds is 7. The van der Waals surface area contributed by atoms with Crippen LogP contribution in [0.1, 0.15) is 54.4 Å². The highest BCUT2D eigenvalue weighted by molar-refractivity contribution is 6.04. The van der Waals surface area contributed by atoms with Gasteiger partial charge >= 0.3 is 5.97 Å². The van der Waals surface area contributed by atoms with E-state index in [1.54, 1.807) is 27.9 Å². The quantitative estimate of drug-likeness (QED) is 0.331. The van der Waals surface area contributed by atoms with Gasteiger partial charge in [0.05, 0.1) is 31.0 Å². The van der Waals surface area contributed by atoms with Crippen molar-refractivity contribution in [3.05, 3.63) is 0 Å². The van der Waals surface area contributed by atoms with Crippen LogP contribution in [0.5, 0.6) is 0 Å². The minimum atomic E-state index is -1.40. The number of likely N-dealkylation sites (tertiary alicyclic amines) is 1. The molecule has 0 aliphatic carbocycles. The lowest BCUT2D eigenvalue weighted by Crippen LogP contribution is -2.60. The van der Waals surface area contributed by atoms with Crippen molar-refractivity contribution >= 4 is 11.8 Å². The molecule has 4 aliphatic rings. The van der Waals surface area contributed by atoms with E-state index in [1.165, 1.54) is 0 Å². The van der Waals surface area contributed by atoms with Crippen LogP contribution < -0.4 is 0 Å². The number of esters is 1. The number of likely N-dealkylation sites (N-methyl/N-ethyl adjacent to an activating group) is 2. The number of carbonyl (C=O) groups is 2. The Kier molecular flexibility index (Phi) is 11.6. The van der Waals surface area contributed by atoms with Gasteiger partial charge in [0.1, 0.15) is 18.1 Å². The van der Waals surface area contributed by atoms with Gasteiger partial charge in [-0.2, -0.15) is 0 Å². The Hall–Kier alpha value is -1.18. The standard InChI is InChI=1S/C33H59N3O8/c1-20-12-33(6,40-10)29(44-30-27(37)25(34(7)8)11-21(2)43-30)22(3)28(38)32(4,5)31(39)42-19-26(35(9)13-20)24-15-36(16-24)14-23-17-41-18-23/h20-27,29-30,37H,11-19H2,1-10H3/t20-,21-,22+,25+,26+,27-,29-,30+,33-/m1/s1. The molecule has 4 heterocycles. The van der Waals surface area contributed by atoms with Crippen LogP contribution >= 0.6 is 0 Å². The number of methoxy groups -OCH3 is 1. The van der Waals surface area contributed by atoms with Crippen molar-refractivity contribution in [1.29, 1.82) is 0 Å². The first-order valence-electron chi connectivity index (χ1n) is 16.5. The second-order valence-electron chi connectivity index (χ2n) is 15.2. The fourth-order valence-corrected chi connectivity index (χ4v) is 7.82. The number of Topliss-reactive ketones (excluding diaryl/α,β-unsaturated/α-hetero) is 1. The molecular weight excluding hydrogens is 566 g/mol. The summed E-state index contributed by atoms with van der Waals surface area (Å²) in [6.45, 7) is 16.8. The summed E-state index contributed by atoms with van der Waals surface area (Å²) in [7, 11) is 7.60. The fourth-order valence-electron chi connectivity index (χ4n) is 7.82. The molecule has 4 saturated heterocycles. The summed E-state index contributed by atoms with van der Waals surface area (Å²) in [6, 6.07) is -0.130. The van der Waals surface area contributed by atoms with Crippen LogP contribution in [-0.2, 0) is 33.3 Å². The summed E-state index contributed by atoms with van der Waals surface area (Å²) in [5.74, 6) is -0.418. The molecule has 254 valence electrons. The third kappa shape index (κ3) is 7.68. The molecule has 4 rings (SSSR count). The Labute approximate surface area is 264 Å². The molecule has 9 atom stereocenters. The number of ether oxygens (including phenoxy) is 5. The first kappa shape index (κ1) is 35.7. The molecular formula is C33H59N3O8. The van der Waals surface area contributed by atoms with Gasteiger partial charge in [0.2, 0.25) is 0 Å². The van der Waals surface area contributed by atoms with Crippen molar-refractivity contribution in [2.24, 2.45) is 29.1 Å². The van der Waals surface area contributed by atoms with Crippen molar-refractivity contribution < 1.29 is 38.4 Å². The fraction of sp³-hybridized carbons (Fsp3) is 0.939. The molecule has 0 aromatic rings. The van der Waals surface area contributed by atoms with Gasteiger partial charge < -0.3 is 38.6 Å². The second kappa shape index (κ2) is 14.3. The summed E-state index contributed by atoms with van der Waals surface area (Å²) < 4.78 is 30.3. The predicted molar refractivity (Wildman–Crippen MR) is 166 cm³/mol. The van der Waals surface area contributed by atoms with Crippen LogP contribution in [0.15, 0.2) is 0 Å². The summed E-state index contributed by atoms with van der Waals surface area (Å²) in [5, 5.41) is 11.3. The van der Waals surface area contributed by atoms with Gasteiger partial charge in [-0.05, 0) is 67.6 Å². The molecule has 0 saturated carbocycles. The van der Waals surface area contributed by atoms with Crippen molar-refractivity contribution in [3.8, 4) is 0 Å². The maximum Gasteiger partial charge on any atom is 0.319 e. The smallest absolute Gasteiger partial charge is 0.319 e. The average Bonchev–Trinajstić information content (AvgIpc) is 2.90. The third-order valence-corrected chi connectivity index (χ3v) is 10.7. The minimum Gasteiger partial charge on any atom is -0.463 e. The number of aliphatic hydroxyl groups is 1. The van der Waals surface area contributed by atoms with Gasteiger partial charge in [-0.3, -0.25) is 14.5 Å². The van der Waals surface area contributed by atoms with Gasteiger partial charge in [-0.25, -0.2) is 0 Å². The molecule has 11 heteroatoms. The Bertz CT molecular complexity index is 986. The Morgan fingerprint density at radius 2 is 1.70 bits per heavy atom. The van der Waals surface area contributed by atoms with E-state index in [1.807, 2.05) is 32.8 Å². The minimum absolute atomic E-state index is 0.0375. The number of carbonyl (C=O) groups excluding carboxylic acids is 2. The van der Waals surface area contributed by atoms with E-state index < -0.39 is 41.4 Å². The number of cyclic esters (lactones) is 1. The first-order valence-corrected chi connectivity index (χ1v) is 16.5. The number of hydrogen-bond donors (Lipinski definition) is 1. The summed E-state index contributed by atoms with van der Waals surface area (Å²) in [4.78, 5) is 34.5. The van der Waals surface area contributed by atoms with Gasteiger partial charge in [-0.15, -0.1) is 0 Å². The van der Waals surface area contributed by atoms with Crippen LogP contribution in [0.25, 0.3) is 0 Å². The molecule has 0 bridgehead atoms. The lowest BCUT2D eigenvalue weighted by atomic mass is 9.74. The zero-order valence-electron chi connectivity index (χ0n) is 28.8. The Balaban J connectivity index is 1.59. The van der Waals surface area contributed by atoms with Crippen LogP contribution in [0.2, 0.25) is 0 Å². The lowest BCUT2D eigenvalue weighted by molar-refractivity contribution is -0.295. The maximum absolute atomic E-state index is 14.2.